The summed E-state index contributed by atoms with van der Waals surface area (Å²) < 4.78 is 145. The molecular formula is C50H45F2IrN3O-2. The predicted molar refractivity (Wildman–Crippen MR) is 225 cm³/mol. The van der Waals surface area contributed by atoms with Crippen LogP contribution in [0.5, 0.6) is 0 Å². The average Bonchev–Trinajstić information content (AvgIpc) is 3.65. The van der Waals surface area contributed by atoms with Gasteiger partial charge >= 0.3 is 0 Å². The largest absolute Gasteiger partial charge is 0.486 e. The maximum Gasteiger partial charge on any atom is 0.270 e. The number of fused-ring (bicyclic) bond motifs is 3. The molecule has 291 valence electrons. The molecule has 0 aliphatic rings. The minimum Gasteiger partial charge on any atom is -0.486 e. The molecule has 0 N–H and O–H groups in total. The van der Waals surface area contributed by atoms with E-state index in [0.717, 1.165) is 23.9 Å². The smallest absolute Gasteiger partial charge is 0.270 e. The summed E-state index contributed by atoms with van der Waals surface area (Å²) in [5.74, 6) is -3.33. The summed E-state index contributed by atoms with van der Waals surface area (Å²) in [5, 5.41) is 1.10. The molecule has 0 aliphatic heterocycles. The van der Waals surface area contributed by atoms with Gasteiger partial charge in [-0.2, -0.15) is 0 Å². The number of rotatable bonds is 6. The Hall–Kier alpha value is -5.36. The Kier molecular flexibility index (Phi) is 7.74. The van der Waals surface area contributed by atoms with Gasteiger partial charge in [0.2, 0.25) is 5.71 Å². The van der Waals surface area contributed by atoms with E-state index < -0.39 is 56.2 Å². The number of furan rings is 1. The van der Waals surface area contributed by atoms with Gasteiger partial charge in [-0.05, 0) is 95.3 Å². The number of pyridine rings is 3. The van der Waals surface area contributed by atoms with Crippen LogP contribution in [0.2, 0.25) is 0 Å². The van der Waals surface area contributed by atoms with E-state index in [1.807, 2.05) is 51.1 Å². The minimum atomic E-state index is -3.33. The van der Waals surface area contributed by atoms with Gasteiger partial charge in [0, 0.05) is 75.3 Å². The molecule has 0 amide bonds. The molecule has 0 saturated heterocycles. The van der Waals surface area contributed by atoms with Crippen LogP contribution in [0.3, 0.4) is 0 Å². The average molecular weight is 948 g/mol. The van der Waals surface area contributed by atoms with E-state index in [2.05, 4.69) is 27.1 Å². The molecule has 8 rings (SSSR count). The Bertz CT molecular complexity index is 3210. The number of aromatic nitrogens is 3. The van der Waals surface area contributed by atoms with Crippen molar-refractivity contribution >= 4 is 22.1 Å². The molecule has 0 aliphatic carbocycles. The maximum absolute atomic E-state index is 14.1. The van der Waals surface area contributed by atoms with Gasteiger partial charge in [-0.1, -0.05) is 105 Å². The molecule has 4 nitrogen and oxygen atoms in total. The fourth-order valence-electron chi connectivity index (χ4n) is 6.24. The van der Waals surface area contributed by atoms with Crippen molar-refractivity contribution in [3.8, 4) is 44.8 Å². The number of halogens is 2. The van der Waals surface area contributed by atoms with Crippen LogP contribution >= 0.6 is 0 Å². The first-order valence-electron chi connectivity index (χ1n) is 24.6. The van der Waals surface area contributed by atoms with E-state index in [1.54, 1.807) is 42.6 Å². The van der Waals surface area contributed by atoms with Crippen molar-refractivity contribution in [2.75, 3.05) is 0 Å². The molecule has 4 aromatic heterocycles. The molecule has 1 radical (unpaired) electrons. The Labute approximate surface area is 367 Å². The van der Waals surface area contributed by atoms with Gasteiger partial charge < -0.3 is 14.4 Å². The first kappa shape index (κ1) is 26.5. The molecule has 7 heteroatoms. The van der Waals surface area contributed by atoms with Crippen LogP contribution in [0, 0.1) is 45.0 Å². The van der Waals surface area contributed by atoms with Gasteiger partial charge in [0.1, 0.15) is 0 Å². The standard InChI is InChI=1S/C27H21F2N2O.C23H24N.Ir/c1-15-12-18(27(4,28)29)9-11-19(15)23-13-24(30-14-16(23)2)22-7-5-6-20-21-10-8-17(3)31-26(21)32-25(20)22;1-17-10-12-20(14-21(17)19-8-6-5-7-9-19)22-13-11-18(16-24-22)15-23(2,3)4;/h5-6,8-14H,1-4H3;5-11,13-14,16H,15H2,1-4H3;/q2*-1;/i1D3,2D3,3D3;1D3,15D2;. The quantitative estimate of drug-likeness (QED) is 0.156. The van der Waals surface area contributed by atoms with Crippen molar-refractivity contribution in [3.63, 3.8) is 0 Å². The van der Waals surface area contributed by atoms with Crippen molar-refractivity contribution in [2.45, 2.75) is 67.4 Å². The van der Waals surface area contributed by atoms with Crippen LogP contribution in [-0.2, 0) is 32.4 Å². The second-order valence-corrected chi connectivity index (χ2v) is 14.4. The second kappa shape index (κ2) is 16.6. The number of nitrogens with zero attached hydrogens (tertiary/aromatic N) is 3. The Morgan fingerprint density at radius 2 is 1.51 bits per heavy atom. The molecular weight excluding hydrogens is 889 g/mol. The summed E-state index contributed by atoms with van der Waals surface area (Å²) in [6.07, 6.45) is 1.11. The summed E-state index contributed by atoms with van der Waals surface area (Å²) in [6, 6.07) is 32.9. The molecule has 0 spiro atoms. The van der Waals surface area contributed by atoms with E-state index >= 15 is 0 Å². The third kappa shape index (κ3) is 9.28. The molecule has 4 aromatic carbocycles. The van der Waals surface area contributed by atoms with Crippen LogP contribution < -0.4 is 0 Å². The number of benzene rings is 4. The van der Waals surface area contributed by atoms with Gasteiger partial charge in [0.15, 0.2) is 0 Å². The number of aryl methyl sites for hydroxylation is 4. The minimum absolute atomic E-state index is 0. The first-order valence-corrected chi connectivity index (χ1v) is 17.6. The molecule has 0 fully saturated rings. The van der Waals surface area contributed by atoms with Crippen LogP contribution in [0.4, 0.5) is 8.78 Å². The summed E-state index contributed by atoms with van der Waals surface area (Å²) in [6.45, 7) is -4.06. The van der Waals surface area contributed by atoms with E-state index in [4.69, 9.17) is 23.6 Å². The van der Waals surface area contributed by atoms with Crippen molar-refractivity contribution < 1.29 is 52.5 Å². The number of hydrogen-bond acceptors (Lipinski definition) is 4. The molecule has 0 saturated carbocycles. The third-order valence-electron chi connectivity index (χ3n) is 8.87. The van der Waals surface area contributed by atoms with Crippen molar-refractivity contribution in [2.24, 2.45) is 5.41 Å². The SMILES string of the molecule is [2H]C([2H])([2H])c1c[c-]c(-c2ccc(C([2H])([2H])C(C)(C)C)cn2)cc1-c1ccccc1.[2H]C([2H])([2H])c1ccc2c(n1)oc1c(-c3cc(-c4ccc(C(C)(F)F)cc4C([2H])([2H])[2H])c(C([2H])([2H])[2H])cn3)[c-]ccc12.[Ir]. The van der Waals surface area contributed by atoms with Crippen LogP contribution in [-0.4, -0.2) is 15.0 Å². The van der Waals surface area contributed by atoms with Gasteiger partial charge in [0.05, 0.1) is 5.58 Å². The fourth-order valence-corrected chi connectivity index (χ4v) is 6.24. The van der Waals surface area contributed by atoms with Crippen LogP contribution in [0.25, 0.3) is 66.8 Å². The predicted octanol–water partition coefficient (Wildman–Crippen LogP) is 13.7. The van der Waals surface area contributed by atoms with Gasteiger partial charge in [-0.3, -0.25) is 0 Å². The van der Waals surface area contributed by atoms with Crippen molar-refractivity contribution in [3.05, 3.63) is 161 Å². The molecule has 0 unspecified atom stereocenters. The normalized spacial score (nSPS) is 16.4. The van der Waals surface area contributed by atoms with E-state index in [1.165, 1.54) is 24.3 Å². The summed E-state index contributed by atoms with van der Waals surface area (Å²) in [4.78, 5) is 12.9. The van der Waals surface area contributed by atoms with Crippen LogP contribution in [0.1, 0.15) is 80.4 Å². The van der Waals surface area contributed by atoms with Crippen molar-refractivity contribution in [1.82, 2.24) is 15.0 Å². The Balaban J connectivity index is 0.000000243. The maximum atomic E-state index is 14.1. The number of hydrogen-bond donors (Lipinski definition) is 0. The summed E-state index contributed by atoms with van der Waals surface area (Å²) in [7, 11) is 0. The fraction of sp³-hybridized carbons (Fsp3) is 0.220. The summed E-state index contributed by atoms with van der Waals surface area (Å²) >= 11 is 0. The van der Waals surface area contributed by atoms with Gasteiger partial charge in [-0.25, -0.2) is 13.8 Å². The van der Waals surface area contributed by atoms with Gasteiger partial charge in [0.25, 0.3) is 5.92 Å². The monoisotopic (exact) mass is 948 g/mol. The van der Waals surface area contributed by atoms with Crippen molar-refractivity contribution in [1.29, 1.82) is 0 Å². The zero-order valence-electron chi connectivity index (χ0n) is 45.3. The van der Waals surface area contributed by atoms with E-state index in [-0.39, 0.29) is 70.6 Å². The third-order valence-corrected chi connectivity index (χ3v) is 8.87. The number of alkyl halides is 2. The molecule has 0 bridgehead atoms. The summed E-state index contributed by atoms with van der Waals surface area (Å²) in [5.41, 5.74) is 2.17. The molecule has 0 atom stereocenters. The Morgan fingerprint density at radius 3 is 2.21 bits per heavy atom. The molecule has 8 aromatic rings. The van der Waals surface area contributed by atoms with E-state index in [0.29, 0.717) is 40.1 Å². The topological polar surface area (TPSA) is 51.8 Å². The van der Waals surface area contributed by atoms with Crippen LogP contribution in [0.15, 0.2) is 120 Å². The molecule has 4 heterocycles. The van der Waals surface area contributed by atoms with E-state index in [9.17, 15) is 8.78 Å². The van der Waals surface area contributed by atoms with Gasteiger partial charge in [-0.15, -0.1) is 47.5 Å². The Morgan fingerprint density at radius 1 is 0.719 bits per heavy atom. The zero-order chi connectivity index (χ0) is 51.6. The molecule has 57 heavy (non-hydrogen) atoms. The first-order chi connectivity index (χ1) is 32.3. The second-order valence-electron chi connectivity index (χ2n) is 14.4. The zero-order valence-corrected chi connectivity index (χ0v) is 33.7.